The van der Waals surface area contributed by atoms with Crippen molar-refractivity contribution in [3.05, 3.63) is 0 Å². The van der Waals surface area contributed by atoms with Crippen LogP contribution in [0.2, 0.25) is 0 Å². The van der Waals surface area contributed by atoms with Gasteiger partial charge in [0.1, 0.15) is 36.6 Å². The number of hydrogen-bond donors (Lipinski definition) is 2. The highest BCUT2D eigenvalue weighted by molar-refractivity contribution is 5.07. The molecule has 0 amide bonds. The van der Waals surface area contributed by atoms with Crippen LogP contribution in [0.25, 0.3) is 0 Å². The molecule has 6 heteroatoms. The van der Waals surface area contributed by atoms with Crippen molar-refractivity contribution in [2.45, 2.75) is 75.9 Å². The molecule has 2 saturated heterocycles. The molecule has 2 aliphatic heterocycles. The number of ether oxygens (including phenoxy) is 4. The Morgan fingerprint density at radius 1 is 0.611 bits per heavy atom. The zero-order valence-electron chi connectivity index (χ0n) is 11.0. The molecule has 2 N–H and O–H groups in total. The standard InChI is InChI=1S/C12H20O6/c1-11(2)15-7-5(13)9-10(6(14)8(7)16-11)18-12(3,4)17-9/h5-10,13-14H,1-4H3/t5-,6-,7-,8-,9-,10+/m0/s1. The second-order valence-corrected chi connectivity index (χ2v) is 6.11. The molecule has 6 nitrogen and oxygen atoms in total. The first-order valence-corrected chi connectivity index (χ1v) is 6.28. The van der Waals surface area contributed by atoms with Crippen molar-refractivity contribution >= 4 is 0 Å². The predicted molar refractivity (Wildman–Crippen MR) is 59.7 cm³/mol. The maximum absolute atomic E-state index is 10.3. The summed E-state index contributed by atoms with van der Waals surface area (Å²) in [6.45, 7) is 7.02. The monoisotopic (exact) mass is 260 g/mol. The van der Waals surface area contributed by atoms with E-state index >= 15 is 0 Å². The van der Waals surface area contributed by atoms with Gasteiger partial charge in [-0.05, 0) is 27.7 Å². The van der Waals surface area contributed by atoms with E-state index in [1.165, 1.54) is 0 Å². The van der Waals surface area contributed by atoms with E-state index in [2.05, 4.69) is 0 Å². The van der Waals surface area contributed by atoms with Crippen molar-refractivity contribution in [3.63, 3.8) is 0 Å². The first-order valence-electron chi connectivity index (χ1n) is 6.28. The normalized spacial score (nSPS) is 53.0. The van der Waals surface area contributed by atoms with E-state index in [0.717, 1.165) is 0 Å². The second kappa shape index (κ2) is 3.65. The summed E-state index contributed by atoms with van der Waals surface area (Å²) >= 11 is 0. The van der Waals surface area contributed by atoms with Crippen LogP contribution in [0, 0.1) is 0 Å². The third-order valence-corrected chi connectivity index (χ3v) is 3.67. The highest BCUT2D eigenvalue weighted by Gasteiger charge is 2.62. The third kappa shape index (κ3) is 1.79. The average molecular weight is 260 g/mol. The summed E-state index contributed by atoms with van der Waals surface area (Å²) < 4.78 is 22.6. The van der Waals surface area contributed by atoms with Crippen LogP contribution >= 0.6 is 0 Å². The minimum absolute atomic E-state index is 0.589. The molecule has 0 aromatic rings. The van der Waals surface area contributed by atoms with E-state index in [4.69, 9.17) is 18.9 Å². The topological polar surface area (TPSA) is 77.4 Å². The minimum atomic E-state index is -0.869. The number of rotatable bonds is 0. The van der Waals surface area contributed by atoms with Crippen LogP contribution in [0.15, 0.2) is 0 Å². The van der Waals surface area contributed by atoms with Crippen LogP contribution < -0.4 is 0 Å². The zero-order chi connectivity index (χ0) is 13.3. The molecule has 0 aromatic heterocycles. The average Bonchev–Trinajstić information content (AvgIpc) is 2.72. The molecule has 0 unspecified atom stereocenters. The van der Waals surface area contributed by atoms with Gasteiger partial charge in [-0.3, -0.25) is 0 Å². The maximum atomic E-state index is 10.3. The zero-order valence-corrected chi connectivity index (χ0v) is 11.0. The van der Waals surface area contributed by atoms with Crippen LogP contribution in [0.5, 0.6) is 0 Å². The van der Waals surface area contributed by atoms with Gasteiger partial charge in [0.15, 0.2) is 11.6 Å². The number of aliphatic hydroxyl groups is 2. The molecule has 18 heavy (non-hydrogen) atoms. The lowest BCUT2D eigenvalue weighted by molar-refractivity contribution is -0.183. The van der Waals surface area contributed by atoms with E-state index < -0.39 is 48.2 Å². The molecule has 2 heterocycles. The number of fused-ring (bicyclic) bond motifs is 2. The molecule has 3 rings (SSSR count). The maximum Gasteiger partial charge on any atom is 0.164 e. The third-order valence-electron chi connectivity index (χ3n) is 3.67. The Morgan fingerprint density at radius 2 is 0.833 bits per heavy atom. The highest BCUT2D eigenvalue weighted by atomic mass is 16.8. The van der Waals surface area contributed by atoms with Gasteiger partial charge in [0, 0.05) is 0 Å². The van der Waals surface area contributed by atoms with E-state index in [1.807, 2.05) is 0 Å². The quantitative estimate of drug-likeness (QED) is 0.626. The second-order valence-electron chi connectivity index (χ2n) is 6.11. The van der Waals surface area contributed by atoms with Crippen LogP contribution in [-0.2, 0) is 18.9 Å². The van der Waals surface area contributed by atoms with Gasteiger partial charge in [0.05, 0.1) is 0 Å². The molecule has 1 aliphatic carbocycles. The summed E-state index contributed by atoms with van der Waals surface area (Å²) in [5, 5.41) is 20.6. The van der Waals surface area contributed by atoms with Crippen molar-refractivity contribution < 1.29 is 29.2 Å². The molecule has 0 bridgehead atoms. The van der Waals surface area contributed by atoms with Crippen LogP contribution in [0.3, 0.4) is 0 Å². The predicted octanol–water partition coefficient (Wildman–Crippen LogP) is -0.238. The van der Waals surface area contributed by atoms with E-state index in [9.17, 15) is 10.2 Å². The van der Waals surface area contributed by atoms with E-state index in [-0.39, 0.29) is 0 Å². The first kappa shape index (κ1) is 12.8. The fraction of sp³-hybridized carbons (Fsp3) is 1.00. The Bertz CT molecular complexity index is 292. The summed E-state index contributed by atoms with van der Waals surface area (Å²) in [4.78, 5) is 0. The van der Waals surface area contributed by atoms with E-state index in [0.29, 0.717) is 0 Å². The van der Waals surface area contributed by atoms with Gasteiger partial charge in [-0.1, -0.05) is 0 Å². The molecule has 0 aromatic carbocycles. The van der Waals surface area contributed by atoms with Crippen LogP contribution in [-0.4, -0.2) is 58.4 Å². The van der Waals surface area contributed by atoms with Gasteiger partial charge >= 0.3 is 0 Å². The van der Waals surface area contributed by atoms with Crippen molar-refractivity contribution in [1.29, 1.82) is 0 Å². The molecule has 104 valence electrons. The molecule has 0 spiro atoms. The fourth-order valence-corrected chi connectivity index (χ4v) is 3.06. The fourth-order valence-electron chi connectivity index (χ4n) is 3.06. The summed E-state index contributed by atoms with van der Waals surface area (Å²) in [5.41, 5.74) is 0. The summed E-state index contributed by atoms with van der Waals surface area (Å²) in [6.07, 6.45) is -4.09. The van der Waals surface area contributed by atoms with E-state index in [1.54, 1.807) is 27.7 Å². The highest BCUT2D eigenvalue weighted by Crippen LogP contribution is 2.43. The van der Waals surface area contributed by atoms with Crippen molar-refractivity contribution in [2.24, 2.45) is 0 Å². The molecular weight excluding hydrogens is 240 g/mol. The lowest BCUT2D eigenvalue weighted by atomic mass is 9.85. The SMILES string of the molecule is CC1(C)O[C@@H]2[C@@H](O)[C@@H]3OC(C)(C)O[C@H]3[C@H](O)[C@@H]2O1. The smallest absolute Gasteiger partial charge is 0.164 e. The van der Waals surface area contributed by atoms with Gasteiger partial charge in [-0.25, -0.2) is 0 Å². The van der Waals surface area contributed by atoms with Crippen LogP contribution in [0.4, 0.5) is 0 Å². The number of aliphatic hydroxyl groups excluding tert-OH is 2. The Hall–Kier alpha value is -0.240. The van der Waals surface area contributed by atoms with Gasteiger partial charge < -0.3 is 29.2 Å². The minimum Gasteiger partial charge on any atom is -0.387 e. The van der Waals surface area contributed by atoms with Gasteiger partial charge in [-0.15, -0.1) is 0 Å². The molecule has 0 radical (unpaired) electrons. The molecule has 3 aliphatic rings. The molecule has 6 atom stereocenters. The van der Waals surface area contributed by atoms with Gasteiger partial charge in [-0.2, -0.15) is 0 Å². The number of hydrogen-bond acceptors (Lipinski definition) is 6. The Morgan fingerprint density at radius 3 is 1.06 bits per heavy atom. The summed E-state index contributed by atoms with van der Waals surface area (Å²) in [7, 11) is 0. The molecular formula is C12H20O6. The Balaban J connectivity index is 1.88. The largest absolute Gasteiger partial charge is 0.387 e. The van der Waals surface area contributed by atoms with Crippen molar-refractivity contribution in [1.82, 2.24) is 0 Å². The van der Waals surface area contributed by atoms with Gasteiger partial charge in [0.2, 0.25) is 0 Å². The van der Waals surface area contributed by atoms with Crippen molar-refractivity contribution in [2.75, 3.05) is 0 Å². The Labute approximate surface area is 106 Å². The summed E-state index contributed by atoms with van der Waals surface area (Å²) in [5.74, 6) is -1.63. The summed E-state index contributed by atoms with van der Waals surface area (Å²) in [6, 6.07) is 0. The molecule has 1 saturated carbocycles. The van der Waals surface area contributed by atoms with Gasteiger partial charge in [0.25, 0.3) is 0 Å². The molecule has 3 fully saturated rings. The van der Waals surface area contributed by atoms with Crippen LogP contribution in [0.1, 0.15) is 27.7 Å². The Kier molecular flexibility index (Phi) is 2.59. The lowest BCUT2D eigenvalue weighted by Crippen LogP contribution is -2.61. The van der Waals surface area contributed by atoms with Crippen molar-refractivity contribution in [3.8, 4) is 0 Å². The lowest BCUT2D eigenvalue weighted by Gasteiger charge is -2.38. The first-order chi connectivity index (χ1) is 8.20.